The van der Waals surface area contributed by atoms with E-state index in [2.05, 4.69) is 4.90 Å². The van der Waals surface area contributed by atoms with E-state index in [1.807, 2.05) is 25.1 Å². The topological polar surface area (TPSA) is 73.4 Å². The van der Waals surface area contributed by atoms with E-state index < -0.39 is 0 Å². The van der Waals surface area contributed by atoms with E-state index in [-0.39, 0.29) is 17.0 Å². The SMILES string of the molecule is CC(N)c1cccc2c(=O)n(C)c(N3CCC4(COC4)C3)nc12. The molecule has 2 aromatic rings. The van der Waals surface area contributed by atoms with Gasteiger partial charge < -0.3 is 15.4 Å². The minimum Gasteiger partial charge on any atom is -0.380 e. The lowest BCUT2D eigenvalue weighted by atomic mass is 9.85. The van der Waals surface area contributed by atoms with Crippen LogP contribution >= 0.6 is 0 Å². The van der Waals surface area contributed by atoms with Crippen LogP contribution in [0.2, 0.25) is 0 Å². The average Bonchev–Trinajstić information content (AvgIpc) is 2.95. The van der Waals surface area contributed by atoms with E-state index in [0.29, 0.717) is 5.39 Å². The highest BCUT2D eigenvalue weighted by atomic mass is 16.5. The first-order valence-electron chi connectivity index (χ1n) is 8.09. The van der Waals surface area contributed by atoms with Crippen molar-refractivity contribution < 1.29 is 4.74 Å². The van der Waals surface area contributed by atoms with Gasteiger partial charge in [-0.3, -0.25) is 9.36 Å². The molecule has 0 amide bonds. The van der Waals surface area contributed by atoms with E-state index in [9.17, 15) is 4.79 Å². The third-order valence-electron chi connectivity index (χ3n) is 5.14. The Balaban J connectivity index is 1.85. The van der Waals surface area contributed by atoms with Crippen molar-refractivity contribution in [2.75, 3.05) is 31.2 Å². The Labute approximate surface area is 134 Å². The van der Waals surface area contributed by atoms with Gasteiger partial charge in [-0.15, -0.1) is 0 Å². The van der Waals surface area contributed by atoms with Crippen LogP contribution in [0.5, 0.6) is 0 Å². The molecule has 1 aromatic heterocycles. The standard InChI is InChI=1S/C17H22N4O2/c1-11(18)12-4-3-5-13-14(12)19-16(20(2)15(13)22)21-7-6-17(8-21)9-23-10-17/h3-5,11H,6-10,18H2,1-2H3. The van der Waals surface area contributed by atoms with Crippen LogP contribution in [0.4, 0.5) is 5.95 Å². The van der Waals surface area contributed by atoms with Crippen LogP contribution < -0.4 is 16.2 Å². The second-order valence-electron chi connectivity index (χ2n) is 6.97. The lowest BCUT2D eigenvalue weighted by molar-refractivity contribution is -0.0985. The molecule has 1 unspecified atom stereocenters. The lowest BCUT2D eigenvalue weighted by Gasteiger charge is -2.37. The molecule has 0 bridgehead atoms. The zero-order chi connectivity index (χ0) is 16.2. The van der Waals surface area contributed by atoms with Gasteiger partial charge in [-0.2, -0.15) is 0 Å². The maximum absolute atomic E-state index is 12.8. The largest absolute Gasteiger partial charge is 0.380 e. The number of rotatable bonds is 2. The molecule has 2 aliphatic heterocycles. The fourth-order valence-electron chi connectivity index (χ4n) is 3.69. The summed E-state index contributed by atoms with van der Waals surface area (Å²) in [6.07, 6.45) is 1.09. The van der Waals surface area contributed by atoms with Crippen LogP contribution in [0.25, 0.3) is 10.9 Å². The van der Waals surface area contributed by atoms with Gasteiger partial charge in [0.25, 0.3) is 5.56 Å². The Kier molecular flexibility index (Phi) is 3.21. The summed E-state index contributed by atoms with van der Waals surface area (Å²) in [4.78, 5) is 19.8. The molecule has 2 fully saturated rings. The van der Waals surface area contributed by atoms with Gasteiger partial charge in [0.2, 0.25) is 5.95 Å². The zero-order valence-corrected chi connectivity index (χ0v) is 13.6. The number of benzene rings is 1. The molecular formula is C17H22N4O2. The van der Waals surface area contributed by atoms with E-state index in [4.69, 9.17) is 15.5 Å². The van der Waals surface area contributed by atoms with Crippen LogP contribution in [0.1, 0.15) is 24.9 Å². The van der Waals surface area contributed by atoms with Gasteiger partial charge in [0.15, 0.2) is 0 Å². The molecule has 1 aromatic carbocycles. The van der Waals surface area contributed by atoms with Crippen LogP contribution in [0, 0.1) is 5.41 Å². The van der Waals surface area contributed by atoms with Gasteiger partial charge in [-0.05, 0) is 25.0 Å². The zero-order valence-electron chi connectivity index (χ0n) is 13.6. The number of ether oxygens (including phenoxy) is 1. The summed E-state index contributed by atoms with van der Waals surface area (Å²) in [5.74, 6) is 0.736. The van der Waals surface area contributed by atoms with Crippen LogP contribution in [-0.2, 0) is 11.8 Å². The van der Waals surface area contributed by atoms with Crippen molar-refractivity contribution in [1.29, 1.82) is 0 Å². The van der Waals surface area contributed by atoms with Crippen molar-refractivity contribution in [2.24, 2.45) is 18.2 Å². The Morgan fingerprint density at radius 2 is 2.17 bits per heavy atom. The highest BCUT2D eigenvalue weighted by molar-refractivity contribution is 5.82. The molecule has 1 spiro atoms. The molecule has 23 heavy (non-hydrogen) atoms. The quantitative estimate of drug-likeness (QED) is 0.901. The number of anilines is 1. The molecule has 3 heterocycles. The smallest absolute Gasteiger partial charge is 0.262 e. The summed E-state index contributed by atoms with van der Waals surface area (Å²) in [6.45, 7) is 5.37. The monoisotopic (exact) mass is 314 g/mol. The van der Waals surface area contributed by atoms with Crippen molar-refractivity contribution in [3.63, 3.8) is 0 Å². The molecule has 2 aliphatic rings. The van der Waals surface area contributed by atoms with Crippen molar-refractivity contribution in [1.82, 2.24) is 9.55 Å². The number of fused-ring (bicyclic) bond motifs is 1. The number of nitrogens with two attached hydrogens (primary N) is 1. The summed E-state index contributed by atoms with van der Waals surface area (Å²) in [6, 6.07) is 5.50. The first-order chi connectivity index (χ1) is 11.0. The number of aromatic nitrogens is 2. The molecule has 2 saturated heterocycles. The van der Waals surface area contributed by atoms with Crippen LogP contribution in [0.3, 0.4) is 0 Å². The maximum Gasteiger partial charge on any atom is 0.262 e. The molecule has 122 valence electrons. The van der Waals surface area contributed by atoms with Gasteiger partial charge in [0.05, 0.1) is 24.1 Å². The summed E-state index contributed by atoms with van der Waals surface area (Å²) < 4.78 is 7.05. The number of nitrogens with zero attached hydrogens (tertiary/aromatic N) is 3. The van der Waals surface area contributed by atoms with Gasteiger partial charge in [0, 0.05) is 31.6 Å². The Morgan fingerprint density at radius 1 is 1.39 bits per heavy atom. The fourth-order valence-corrected chi connectivity index (χ4v) is 3.69. The molecule has 0 radical (unpaired) electrons. The molecule has 2 N–H and O–H groups in total. The number of hydrogen-bond acceptors (Lipinski definition) is 5. The highest BCUT2D eigenvalue weighted by Crippen LogP contribution is 2.39. The van der Waals surface area contributed by atoms with E-state index in [1.54, 1.807) is 11.6 Å². The minimum atomic E-state index is -0.156. The predicted molar refractivity (Wildman–Crippen MR) is 89.7 cm³/mol. The molecule has 6 heteroatoms. The fraction of sp³-hybridized carbons (Fsp3) is 0.529. The third kappa shape index (κ3) is 2.16. The number of para-hydroxylation sites is 1. The van der Waals surface area contributed by atoms with Crippen LogP contribution in [-0.4, -0.2) is 35.9 Å². The second kappa shape index (κ2) is 5.04. The van der Waals surface area contributed by atoms with Crippen molar-refractivity contribution >= 4 is 16.9 Å². The Morgan fingerprint density at radius 3 is 2.78 bits per heavy atom. The molecular weight excluding hydrogens is 292 g/mol. The van der Waals surface area contributed by atoms with Gasteiger partial charge >= 0.3 is 0 Å². The molecule has 6 nitrogen and oxygen atoms in total. The minimum absolute atomic E-state index is 0.0155. The molecule has 1 atom stereocenters. The summed E-state index contributed by atoms with van der Waals surface area (Å²) >= 11 is 0. The third-order valence-corrected chi connectivity index (χ3v) is 5.14. The lowest BCUT2D eigenvalue weighted by Crippen LogP contribution is -2.45. The Hall–Kier alpha value is -1.92. The van der Waals surface area contributed by atoms with Gasteiger partial charge in [0.1, 0.15) is 0 Å². The first-order valence-corrected chi connectivity index (χ1v) is 8.09. The van der Waals surface area contributed by atoms with E-state index in [0.717, 1.165) is 49.8 Å². The highest BCUT2D eigenvalue weighted by Gasteiger charge is 2.45. The van der Waals surface area contributed by atoms with E-state index in [1.165, 1.54) is 0 Å². The second-order valence-corrected chi connectivity index (χ2v) is 6.97. The van der Waals surface area contributed by atoms with Crippen molar-refractivity contribution in [2.45, 2.75) is 19.4 Å². The van der Waals surface area contributed by atoms with E-state index >= 15 is 0 Å². The average molecular weight is 314 g/mol. The van der Waals surface area contributed by atoms with Gasteiger partial charge in [-0.25, -0.2) is 4.98 Å². The molecule has 0 saturated carbocycles. The summed E-state index contributed by atoms with van der Waals surface area (Å²) in [5, 5.41) is 0.631. The van der Waals surface area contributed by atoms with Crippen molar-refractivity contribution in [3.05, 3.63) is 34.1 Å². The molecule has 4 rings (SSSR count). The molecule has 0 aliphatic carbocycles. The predicted octanol–water partition coefficient (Wildman–Crippen LogP) is 1.18. The maximum atomic E-state index is 12.8. The Bertz CT molecular complexity index is 823. The summed E-state index contributed by atoms with van der Waals surface area (Å²) in [7, 11) is 1.80. The normalized spacial score (nSPS) is 20.9. The number of hydrogen-bond donors (Lipinski definition) is 1. The first kappa shape index (κ1) is 14.7. The van der Waals surface area contributed by atoms with Gasteiger partial charge in [-0.1, -0.05) is 12.1 Å². The van der Waals surface area contributed by atoms with Crippen LogP contribution in [0.15, 0.2) is 23.0 Å². The van der Waals surface area contributed by atoms with Crippen molar-refractivity contribution in [3.8, 4) is 0 Å². The summed E-state index contributed by atoms with van der Waals surface area (Å²) in [5.41, 5.74) is 7.96.